The summed E-state index contributed by atoms with van der Waals surface area (Å²) >= 11 is 0. The van der Waals surface area contributed by atoms with Crippen LogP contribution in [0, 0.1) is 6.92 Å². The molecule has 8 nitrogen and oxygen atoms in total. The number of aliphatic carboxylic acids is 1. The van der Waals surface area contributed by atoms with Gasteiger partial charge in [0, 0.05) is 16.6 Å². The van der Waals surface area contributed by atoms with Gasteiger partial charge in [0.25, 0.3) is 5.91 Å². The van der Waals surface area contributed by atoms with Crippen LogP contribution in [0.4, 0.5) is 5.69 Å². The lowest BCUT2D eigenvalue weighted by Crippen LogP contribution is -2.29. The smallest absolute Gasteiger partial charge is 0.322 e. The van der Waals surface area contributed by atoms with Crippen molar-refractivity contribution >= 4 is 34.4 Å². The molecule has 0 saturated carbocycles. The maximum Gasteiger partial charge on any atom is 0.322 e. The number of fused-ring (bicyclic) bond motifs is 1. The molecule has 2 amide bonds. The van der Waals surface area contributed by atoms with Gasteiger partial charge in [-0.3, -0.25) is 14.4 Å². The SMILES string of the molecule is Cc1ccc2onc(CC(=O)Nc3ccc(C(=O)NCC(=O)O)cc3)c2c1. The fraction of sp³-hybridized carbons (Fsp3) is 0.158. The fourth-order valence-corrected chi connectivity index (χ4v) is 2.55. The number of aryl methyl sites for hydroxylation is 1. The molecule has 3 N–H and O–H groups in total. The summed E-state index contributed by atoms with van der Waals surface area (Å²) in [5, 5.41) is 18.3. The van der Waals surface area contributed by atoms with Gasteiger partial charge in [0.15, 0.2) is 5.58 Å². The zero-order chi connectivity index (χ0) is 19.4. The Kier molecular flexibility index (Phi) is 5.16. The van der Waals surface area contributed by atoms with Crippen LogP contribution < -0.4 is 10.6 Å². The lowest BCUT2D eigenvalue weighted by molar-refractivity contribution is -0.135. The Balaban J connectivity index is 1.63. The molecule has 0 aliphatic heterocycles. The van der Waals surface area contributed by atoms with E-state index in [2.05, 4.69) is 15.8 Å². The van der Waals surface area contributed by atoms with Crippen LogP contribution in [0.5, 0.6) is 0 Å². The van der Waals surface area contributed by atoms with Crippen molar-refractivity contribution in [3.05, 3.63) is 59.3 Å². The summed E-state index contributed by atoms with van der Waals surface area (Å²) in [6.07, 6.45) is 0.0529. The van der Waals surface area contributed by atoms with Crippen molar-refractivity contribution < 1.29 is 24.0 Å². The summed E-state index contributed by atoms with van der Waals surface area (Å²) in [7, 11) is 0. The van der Waals surface area contributed by atoms with Gasteiger partial charge >= 0.3 is 5.97 Å². The Morgan fingerprint density at radius 2 is 1.85 bits per heavy atom. The fourth-order valence-electron chi connectivity index (χ4n) is 2.55. The third-order valence-electron chi connectivity index (χ3n) is 3.86. The van der Waals surface area contributed by atoms with Crippen molar-refractivity contribution in [3.8, 4) is 0 Å². The Hall–Kier alpha value is -3.68. The van der Waals surface area contributed by atoms with Gasteiger partial charge in [0.1, 0.15) is 12.2 Å². The second-order valence-electron chi connectivity index (χ2n) is 6.01. The van der Waals surface area contributed by atoms with Crippen LogP contribution in [-0.4, -0.2) is 34.6 Å². The van der Waals surface area contributed by atoms with Gasteiger partial charge in [-0.1, -0.05) is 16.8 Å². The maximum atomic E-state index is 12.3. The molecule has 0 radical (unpaired) electrons. The van der Waals surface area contributed by atoms with E-state index in [1.807, 2.05) is 25.1 Å². The third-order valence-corrected chi connectivity index (χ3v) is 3.86. The molecule has 138 valence electrons. The number of nitrogens with one attached hydrogen (secondary N) is 2. The standard InChI is InChI=1S/C19H17N3O5/c1-11-2-7-16-14(8-11)15(22-27-16)9-17(23)21-13-5-3-12(4-6-13)19(26)20-10-18(24)25/h2-8H,9-10H2,1H3,(H,20,26)(H,21,23)(H,24,25). The molecule has 0 aliphatic carbocycles. The van der Waals surface area contributed by atoms with Gasteiger partial charge in [-0.2, -0.15) is 0 Å². The zero-order valence-corrected chi connectivity index (χ0v) is 14.5. The second kappa shape index (κ2) is 7.69. The molecule has 3 rings (SSSR count). The van der Waals surface area contributed by atoms with Crippen LogP contribution in [0.2, 0.25) is 0 Å². The predicted molar refractivity (Wildman–Crippen MR) is 97.5 cm³/mol. The Labute approximate surface area is 154 Å². The van der Waals surface area contributed by atoms with E-state index in [4.69, 9.17) is 9.63 Å². The number of rotatable bonds is 6. The van der Waals surface area contributed by atoms with Gasteiger partial charge in [-0.15, -0.1) is 0 Å². The van der Waals surface area contributed by atoms with Crippen LogP contribution in [0.3, 0.4) is 0 Å². The number of carbonyl (C=O) groups is 3. The Bertz CT molecular complexity index is 1010. The van der Waals surface area contributed by atoms with Crippen LogP contribution in [0.1, 0.15) is 21.6 Å². The minimum Gasteiger partial charge on any atom is -0.480 e. The number of nitrogens with zero attached hydrogens (tertiary/aromatic N) is 1. The summed E-state index contributed by atoms with van der Waals surface area (Å²) in [6, 6.07) is 11.8. The van der Waals surface area contributed by atoms with Crippen LogP contribution in [0.25, 0.3) is 11.0 Å². The quantitative estimate of drug-likeness (QED) is 0.614. The van der Waals surface area contributed by atoms with E-state index in [1.165, 1.54) is 12.1 Å². The van der Waals surface area contributed by atoms with E-state index in [-0.39, 0.29) is 12.3 Å². The molecule has 0 spiro atoms. The van der Waals surface area contributed by atoms with Crippen LogP contribution >= 0.6 is 0 Å². The Morgan fingerprint density at radius 3 is 2.56 bits per heavy atom. The Morgan fingerprint density at radius 1 is 1.11 bits per heavy atom. The number of hydrogen-bond donors (Lipinski definition) is 3. The molecule has 3 aromatic rings. The highest BCUT2D eigenvalue weighted by atomic mass is 16.5. The summed E-state index contributed by atoms with van der Waals surface area (Å²) in [6.45, 7) is 1.49. The van der Waals surface area contributed by atoms with Gasteiger partial charge in [0.2, 0.25) is 5.91 Å². The average molecular weight is 367 g/mol. The number of benzene rings is 2. The number of hydrogen-bond acceptors (Lipinski definition) is 5. The number of aromatic nitrogens is 1. The monoisotopic (exact) mass is 367 g/mol. The second-order valence-corrected chi connectivity index (χ2v) is 6.01. The first-order valence-electron chi connectivity index (χ1n) is 8.17. The lowest BCUT2D eigenvalue weighted by atomic mass is 10.1. The van der Waals surface area contributed by atoms with E-state index < -0.39 is 18.4 Å². The average Bonchev–Trinajstić information content (AvgIpc) is 3.02. The first-order valence-corrected chi connectivity index (χ1v) is 8.17. The topological polar surface area (TPSA) is 122 Å². The highest BCUT2D eigenvalue weighted by Crippen LogP contribution is 2.20. The number of carboxylic acid groups (broad SMARTS) is 1. The molecule has 0 fully saturated rings. The molecule has 0 bridgehead atoms. The van der Waals surface area contributed by atoms with E-state index in [9.17, 15) is 14.4 Å². The van der Waals surface area contributed by atoms with Crippen LogP contribution in [0.15, 0.2) is 47.0 Å². The molecule has 1 aromatic heterocycles. The predicted octanol–water partition coefficient (Wildman–Crippen LogP) is 2.13. The first kappa shape index (κ1) is 18.1. The normalized spacial score (nSPS) is 10.6. The van der Waals surface area contributed by atoms with Crippen molar-refractivity contribution in [2.24, 2.45) is 0 Å². The first-order chi connectivity index (χ1) is 12.9. The molecule has 27 heavy (non-hydrogen) atoms. The lowest BCUT2D eigenvalue weighted by Gasteiger charge is -2.06. The highest BCUT2D eigenvalue weighted by Gasteiger charge is 2.13. The van der Waals surface area contributed by atoms with Crippen molar-refractivity contribution in [2.75, 3.05) is 11.9 Å². The number of carbonyl (C=O) groups excluding carboxylic acids is 2. The number of anilines is 1. The molecule has 1 heterocycles. The van der Waals surface area contributed by atoms with E-state index in [1.54, 1.807) is 12.1 Å². The van der Waals surface area contributed by atoms with Crippen molar-refractivity contribution in [3.63, 3.8) is 0 Å². The molecular formula is C19H17N3O5. The maximum absolute atomic E-state index is 12.3. The summed E-state index contributed by atoms with van der Waals surface area (Å²) in [5.41, 5.74) is 3.03. The molecule has 8 heteroatoms. The number of carboxylic acids is 1. The minimum absolute atomic E-state index is 0.0529. The molecule has 2 aromatic carbocycles. The van der Waals surface area contributed by atoms with Gasteiger partial charge in [-0.05, 0) is 43.3 Å². The molecule has 0 unspecified atom stereocenters. The van der Waals surface area contributed by atoms with Crippen molar-refractivity contribution in [1.82, 2.24) is 10.5 Å². The van der Waals surface area contributed by atoms with Crippen molar-refractivity contribution in [1.29, 1.82) is 0 Å². The highest BCUT2D eigenvalue weighted by molar-refractivity contribution is 5.97. The number of amides is 2. The van der Waals surface area contributed by atoms with E-state index in [0.29, 0.717) is 22.5 Å². The van der Waals surface area contributed by atoms with E-state index in [0.717, 1.165) is 10.9 Å². The van der Waals surface area contributed by atoms with Gasteiger partial charge in [0.05, 0.1) is 6.42 Å². The molecule has 0 atom stereocenters. The third kappa shape index (κ3) is 4.49. The molecule has 0 saturated heterocycles. The zero-order valence-electron chi connectivity index (χ0n) is 14.5. The van der Waals surface area contributed by atoms with Gasteiger partial charge < -0.3 is 20.3 Å². The summed E-state index contributed by atoms with van der Waals surface area (Å²) < 4.78 is 5.22. The van der Waals surface area contributed by atoms with Crippen LogP contribution in [-0.2, 0) is 16.0 Å². The molecule has 0 aliphatic rings. The van der Waals surface area contributed by atoms with Gasteiger partial charge in [-0.25, -0.2) is 0 Å². The molecular weight excluding hydrogens is 350 g/mol. The summed E-state index contributed by atoms with van der Waals surface area (Å²) in [5.74, 6) is -1.89. The van der Waals surface area contributed by atoms with E-state index >= 15 is 0 Å². The van der Waals surface area contributed by atoms with Crippen molar-refractivity contribution in [2.45, 2.75) is 13.3 Å². The summed E-state index contributed by atoms with van der Waals surface area (Å²) in [4.78, 5) is 34.5. The largest absolute Gasteiger partial charge is 0.480 e. The minimum atomic E-state index is -1.12.